The number of nitrogens with zero attached hydrogens (tertiary/aromatic N) is 2. The van der Waals surface area contributed by atoms with Crippen molar-refractivity contribution in [1.29, 1.82) is 5.26 Å². The van der Waals surface area contributed by atoms with Crippen molar-refractivity contribution in [3.05, 3.63) is 37.6 Å². The van der Waals surface area contributed by atoms with Crippen LogP contribution in [0.4, 0.5) is 0 Å². The van der Waals surface area contributed by atoms with E-state index in [1.165, 1.54) is 25.7 Å². The maximum Gasteiger partial charge on any atom is 0.0621 e. The van der Waals surface area contributed by atoms with Crippen LogP contribution in [0.3, 0.4) is 0 Å². The first-order valence-electron chi connectivity index (χ1n) is 7.59. The molecular weight excluding hydrogens is 244 g/mol. The molecule has 0 aromatic heterocycles. The Labute approximate surface area is 123 Å². The van der Waals surface area contributed by atoms with Gasteiger partial charge in [-0.1, -0.05) is 50.5 Å². The minimum Gasteiger partial charge on any atom is -0.265 e. The zero-order valence-corrected chi connectivity index (χ0v) is 12.4. The molecule has 1 atom stereocenters. The van der Waals surface area contributed by atoms with E-state index in [9.17, 15) is 0 Å². The Bertz CT molecular complexity index is 394. The van der Waals surface area contributed by atoms with Gasteiger partial charge in [-0.05, 0) is 25.2 Å². The molecule has 0 bridgehead atoms. The number of allylic oxidation sites excluding steroid dienone is 3. The van der Waals surface area contributed by atoms with Gasteiger partial charge in [0, 0.05) is 24.3 Å². The van der Waals surface area contributed by atoms with Crippen LogP contribution in [-0.2, 0) is 0 Å². The summed E-state index contributed by atoms with van der Waals surface area (Å²) in [6.07, 6.45) is 18.5. The van der Waals surface area contributed by atoms with Crippen LogP contribution in [0.2, 0.25) is 0 Å². The molecule has 1 rings (SSSR count). The summed E-state index contributed by atoms with van der Waals surface area (Å²) < 4.78 is 0. The van der Waals surface area contributed by atoms with Gasteiger partial charge in [-0.2, -0.15) is 5.26 Å². The van der Waals surface area contributed by atoms with E-state index in [1.807, 2.05) is 6.20 Å². The molecule has 0 aromatic carbocycles. The Morgan fingerprint density at radius 2 is 2.05 bits per heavy atom. The van der Waals surface area contributed by atoms with Crippen molar-refractivity contribution in [2.45, 2.75) is 51.4 Å². The molecule has 1 fully saturated rings. The lowest BCUT2D eigenvalue weighted by Gasteiger charge is -2.30. The minimum atomic E-state index is -0.00956. The van der Waals surface area contributed by atoms with E-state index in [-0.39, 0.29) is 5.41 Å². The summed E-state index contributed by atoms with van der Waals surface area (Å²) in [5, 5.41) is 8.74. The quantitative estimate of drug-likeness (QED) is 0.322. The molecule has 0 saturated heterocycles. The summed E-state index contributed by atoms with van der Waals surface area (Å²) in [7, 11) is 0. The number of aliphatic imine (C=N–C) groups is 1. The summed E-state index contributed by atoms with van der Waals surface area (Å²) in [6.45, 7) is 7.67. The summed E-state index contributed by atoms with van der Waals surface area (Å²) in [5.41, 5.74) is -0.00956. The van der Waals surface area contributed by atoms with Crippen molar-refractivity contribution < 1.29 is 0 Å². The molecule has 0 N–H and O–H groups in total. The van der Waals surface area contributed by atoms with E-state index in [1.54, 1.807) is 12.3 Å². The van der Waals surface area contributed by atoms with Crippen LogP contribution in [0.25, 0.3) is 0 Å². The Hall–Kier alpha value is -1.62. The maximum absolute atomic E-state index is 8.74. The first-order chi connectivity index (χ1) is 9.76. The number of rotatable bonds is 9. The SMILES string of the molecule is C=C/C=N\C=C/C(C=C)(CCCC#N)CC1CCCC1. The van der Waals surface area contributed by atoms with Crippen molar-refractivity contribution in [2.75, 3.05) is 0 Å². The van der Waals surface area contributed by atoms with Gasteiger partial charge in [0.1, 0.15) is 0 Å². The Morgan fingerprint density at radius 3 is 2.65 bits per heavy atom. The average molecular weight is 270 g/mol. The Kier molecular flexibility index (Phi) is 7.65. The Morgan fingerprint density at radius 1 is 1.30 bits per heavy atom. The molecule has 0 aliphatic heterocycles. The number of hydrogen-bond acceptors (Lipinski definition) is 2. The summed E-state index contributed by atoms with van der Waals surface area (Å²) in [4.78, 5) is 4.19. The fourth-order valence-corrected chi connectivity index (χ4v) is 3.06. The van der Waals surface area contributed by atoms with Gasteiger partial charge in [-0.3, -0.25) is 4.99 Å². The topological polar surface area (TPSA) is 36.1 Å². The van der Waals surface area contributed by atoms with Gasteiger partial charge < -0.3 is 0 Å². The number of unbranched alkanes of at least 4 members (excludes halogenated alkanes) is 1. The van der Waals surface area contributed by atoms with E-state index < -0.39 is 0 Å². The van der Waals surface area contributed by atoms with Crippen LogP contribution in [0.5, 0.6) is 0 Å². The summed E-state index contributed by atoms with van der Waals surface area (Å²) >= 11 is 0. The van der Waals surface area contributed by atoms with Crippen LogP contribution in [-0.4, -0.2) is 6.21 Å². The van der Waals surface area contributed by atoms with Gasteiger partial charge >= 0.3 is 0 Å². The molecule has 0 amide bonds. The smallest absolute Gasteiger partial charge is 0.0621 e. The molecule has 1 unspecified atom stereocenters. The average Bonchev–Trinajstić information content (AvgIpc) is 2.96. The van der Waals surface area contributed by atoms with Gasteiger partial charge in [0.15, 0.2) is 0 Å². The third kappa shape index (κ3) is 5.57. The number of hydrogen-bond donors (Lipinski definition) is 0. The molecule has 0 heterocycles. The third-order valence-electron chi connectivity index (χ3n) is 4.16. The highest BCUT2D eigenvalue weighted by Gasteiger charge is 2.28. The molecule has 0 spiro atoms. The lowest BCUT2D eigenvalue weighted by molar-refractivity contribution is 0.321. The third-order valence-corrected chi connectivity index (χ3v) is 4.16. The highest BCUT2D eigenvalue weighted by molar-refractivity contribution is 5.70. The standard InChI is InChI=1S/C18H26N2/c1-3-14-20-15-12-18(4-2,11-7-8-13-19)16-17-9-5-6-10-17/h3-4,12,14-15,17H,1-2,5-11,16H2/b15-12-,20-14-. The highest BCUT2D eigenvalue weighted by Crippen LogP contribution is 2.41. The van der Waals surface area contributed by atoms with Crippen LogP contribution in [0.15, 0.2) is 42.6 Å². The lowest BCUT2D eigenvalue weighted by Crippen LogP contribution is -2.18. The molecule has 2 heteroatoms. The molecule has 2 nitrogen and oxygen atoms in total. The molecule has 1 aliphatic rings. The lowest BCUT2D eigenvalue weighted by atomic mass is 9.75. The normalized spacial score (nSPS) is 19.1. The molecule has 0 aromatic rings. The van der Waals surface area contributed by atoms with Gasteiger partial charge in [0.05, 0.1) is 6.07 Å². The molecule has 20 heavy (non-hydrogen) atoms. The molecule has 1 saturated carbocycles. The van der Waals surface area contributed by atoms with Crippen LogP contribution in [0.1, 0.15) is 51.4 Å². The minimum absolute atomic E-state index is 0.00956. The molecule has 1 aliphatic carbocycles. The fourth-order valence-electron chi connectivity index (χ4n) is 3.06. The zero-order chi connectivity index (χ0) is 14.7. The van der Waals surface area contributed by atoms with E-state index in [0.29, 0.717) is 6.42 Å². The maximum atomic E-state index is 8.74. The van der Waals surface area contributed by atoms with Crippen molar-refractivity contribution in [2.24, 2.45) is 16.3 Å². The second-order valence-corrected chi connectivity index (χ2v) is 5.65. The van der Waals surface area contributed by atoms with Crippen molar-refractivity contribution >= 4 is 6.21 Å². The van der Waals surface area contributed by atoms with E-state index >= 15 is 0 Å². The van der Waals surface area contributed by atoms with Crippen molar-refractivity contribution in [3.63, 3.8) is 0 Å². The van der Waals surface area contributed by atoms with Crippen LogP contribution >= 0.6 is 0 Å². The monoisotopic (exact) mass is 270 g/mol. The van der Waals surface area contributed by atoms with Crippen LogP contribution in [0, 0.1) is 22.7 Å². The highest BCUT2D eigenvalue weighted by atomic mass is 14.7. The largest absolute Gasteiger partial charge is 0.265 e. The number of nitriles is 1. The second-order valence-electron chi connectivity index (χ2n) is 5.65. The van der Waals surface area contributed by atoms with E-state index in [0.717, 1.165) is 25.2 Å². The predicted octanol–water partition coefficient (Wildman–Crippen LogP) is 5.20. The summed E-state index contributed by atoms with van der Waals surface area (Å²) in [5.74, 6) is 0.795. The van der Waals surface area contributed by atoms with Gasteiger partial charge in [0.25, 0.3) is 0 Å². The fraction of sp³-hybridized carbons (Fsp3) is 0.556. The van der Waals surface area contributed by atoms with Crippen molar-refractivity contribution in [3.8, 4) is 6.07 Å². The second kappa shape index (κ2) is 9.31. The van der Waals surface area contributed by atoms with Gasteiger partial charge in [-0.15, -0.1) is 6.58 Å². The molecule has 0 radical (unpaired) electrons. The zero-order valence-electron chi connectivity index (χ0n) is 12.4. The molecular formula is C18H26N2. The molecule has 108 valence electrons. The van der Waals surface area contributed by atoms with E-state index in [2.05, 4.69) is 36.4 Å². The van der Waals surface area contributed by atoms with Crippen molar-refractivity contribution in [1.82, 2.24) is 0 Å². The summed E-state index contributed by atoms with van der Waals surface area (Å²) in [6, 6.07) is 2.23. The van der Waals surface area contributed by atoms with Gasteiger partial charge in [0.2, 0.25) is 0 Å². The van der Waals surface area contributed by atoms with Crippen LogP contribution < -0.4 is 0 Å². The first kappa shape index (κ1) is 16.4. The van der Waals surface area contributed by atoms with Gasteiger partial charge in [-0.25, -0.2) is 0 Å². The Balaban J connectivity index is 2.74. The van der Waals surface area contributed by atoms with E-state index in [4.69, 9.17) is 5.26 Å². The predicted molar refractivity (Wildman–Crippen MR) is 86.5 cm³/mol. The first-order valence-corrected chi connectivity index (χ1v) is 7.59.